The van der Waals surface area contributed by atoms with Crippen molar-refractivity contribution < 1.29 is 4.79 Å². The summed E-state index contributed by atoms with van der Waals surface area (Å²) in [5.41, 5.74) is 0.492. The van der Waals surface area contributed by atoms with E-state index in [0.717, 1.165) is 15.3 Å². The topological polar surface area (TPSA) is 61.1 Å². The first-order valence-electron chi connectivity index (χ1n) is 9.95. The van der Waals surface area contributed by atoms with Crippen LogP contribution in [0.4, 0.5) is 0 Å². The van der Waals surface area contributed by atoms with Gasteiger partial charge in [-0.2, -0.15) is 0 Å². The van der Waals surface area contributed by atoms with Crippen LogP contribution in [0, 0.1) is 0 Å². The first-order valence-corrected chi connectivity index (χ1v) is 9.95. The molecule has 0 unspecified atom stereocenters. The molecule has 0 amide bonds. The van der Waals surface area contributed by atoms with E-state index in [0.29, 0.717) is 22.2 Å². The lowest BCUT2D eigenvalue weighted by molar-refractivity contribution is 0.0971. The molecular weight excluding hydrogens is 388 g/mol. The highest BCUT2D eigenvalue weighted by Crippen LogP contribution is 2.17. The Bertz CT molecular complexity index is 1560. The van der Waals surface area contributed by atoms with Crippen LogP contribution in [0.3, 0.4) is 0 Å². The third kappa shape index (κ3) is 3.26. The molecule has 0 radical (unpaired) electrons. The van der Waals surface area contributed by atoms with Gasteiger partial charge in [0.2, 0.25) is 0 Å². The zero-order valence-corrected chi connectivity index (χ0v) is 16.6. The van der Waals surface area contributed by atoms with Crippen LogP contribution in [0.25, 0.3) is 27.4 Å². The summed E-state index contributed by atoms with van der Waals surface area (Å²) in [6.07, 6.45) is 0. The molecule has 1 aromatic heterocycles. The number of carbonyl (C=O) groups excluding carboxylic acids is 1. The first-order chi connectivity index (χ1) is 15.1. The van der Waals surface area contributed by atoms with Gasteiger partial charge in [-0.3, -0.25) is 14.2 Å². The summed E-state index contributed by atoms with van der Waals surface area (Å²) in [4.78, 5) is 39.6. The van der Waals surface area contributed by atoms with Crippen molar-refractivity contribution in [3.05, 3.63) is 123 Å². The molecule has 4 aromatic carbocycles. The highest BCUT2D eigenvalue weighted by atomic mass is 16.2. The number of Topliss-reactive ketones (excluding diaryl/α,β-unsaturated/α-hetero) is 1. The molecule has 5 nitrogen and oxygen atoms in total. The van der Waals surface area contributed by atoms with Gasteiger partial charge >= 0.3 is 5.69 Å². The van der Waals surface area contributed by atoms with Crippen molar-refractivity contribution >= 4 is 27.5 Å². The van der Waals surface area contributed by atoms with Gasteiger partial charge in [0.25, 0.3) is 5.56 Å². The number of aromatic nitrogens is 2. The van der Waals surface area contributed by atoms with E-state index in [2.05, 4.69) is 0 Å². The summed E-state index contributed by atoms with van der Waals surface area (Å²) < 4.78 is 2.50. The molecule has 0 N–H and O–H groups in total. The molecule has 0 aliphatic rings. The van der Waals surface area contributed by atoms with Crippen LogP contribution in [-0.2, 0) is 6.54 Å². The van der Waals surface area contributed by atoms with E-state index in [9.17, 15) is 14.4 Å². The maximum Gasteiger partial charge on any atom is 0.336 e. The first kappa shape index (κ1) is 18.8. The Kier molecular flexibility index (Phi) is 4.56. The van der Waals surface area contributed by atoms with Crippen molar-refractivity contribution in [3.63, 3.8) is 0 Å². The Hall–Kier alpha value is -4.25. The van der Waals surface area contributed by atoms with Crippen LogP contribution in [0.2, 0.25) is 0 Å². The second-order valence-electron chi connectivity index (χ2n) is 7.35. The van der Waals surface area contributed by atoms with E-state index < -0.39 is 11.2 Å². The standard InChI is InChI=1S/C26H18N2O3/c29-24(20-15-14-18-8-4-5-9-19(18)16-20)17-27-23-13-7-6-12-22(23)25(30)28(26(27)31)21-10-2-1-3-11-21/h1-16H,17H2. The second kappa shape index (κ2) is 7.54. The monoisotopic (exact) mass is 406 g/mol. The van der Waals surface area contributed by atoms with Crippen LogP contribution in [-0.4, -0.2) is 14.9 Å². The third-order valence-electron chi connectivity index (χ3n) is 5.44. The van der Waals surface area contributed by atoms with Crippen LogP contribution in [0.1, 0.15) is 10.4 Å². The van der Waals surface area contributed by atoms with Gasteiger partial charge < -0.3 is 0 Å². The highest BCUT2D eigenvalue weighted by molar-refractivity contribution is 6.00. The van der Waals surface area contributed by atoms with E-state index in [4.69, 9.17) is 0 Å². The molecule has 5 aromatic rings. The Morgan fingerprint density at radius 3 is 2.19 bits per heavy atom. The second-order valence-corrected chi connectivity index (χ2v) is 7.35. The number of hydrogen-bond donors (Lipinski definition) is 0. The molecule has 0 saturated heterocycles. The summed E-state index contributed by atoms with van der Waals surface area (Å²) in [7, 11) is 0. The lowest BCUT2D eigenvalue weighted by Gasteiger charge is -2.14. The Morgan fingerprint density at radius 1 is 0.710 bits per heavy atom. The van der Waals surface area contributed by atoms with Crippen molar-refractivity contribution in [2.45, 2.75) is 6.54 Å². The Labute approximate surface area is 177 Å². The van der Waals surface area contributed by atoms with E-state index >= 15 is 0 Å². The molecule has 1 heterocycles. The molecule has 0 spiro atoms. The summed E-state index contributed by atoms with van der Waals surface area (Å²) in [6, 6.07) is 28.9. The molecule has 0 atom stereocenters. The molecule has 0 bridgehead atoms. The van der Waals surface area contributed by atoms with Crippen LogP contribution < -0.4 is 11.2 Å². The van der Waals surface area contributed by atoms with Crippen molar-refractivity contribution in [3.8, 4) is 5.69 Å². The van der Waals surface area contributed by atoms with E-state index in [1.807, 2.05) is 42.5 Å². The van der Waals surface area contributed by atoms with Crippen LogP contribution in [0.15, 0.2) is 107 Å². The molecule has 150 valence electrons. The van der Waals surface area contributed by atoms with Crippen molar-refractivity contribution in [1.82, 2.24) is 9.13 Å². The van der Waals surface area contributed by atoms with Gasteiger partial charge in [-0.15, -0.1) is 0 Å². The average molecular weight is 406 g/mol. The maximum absolute atomic E-state index is 13.4. The molecule has 31 heavy (non-hydrogen) atoms. The van der Waals surface area contributed by atoms with Crippen LogP contribution >= 0.6 is 0 Å². The SMILES string of the molecule is O=C(Cn1c(=O)n(-c2ccccc2)c(=O)c2ccccc21)c1ccc2ccccc2c1. The zero-order valence-electron chi connectivity index (χ0n) is 16.6. The molecular formula is C26H18N2O3. The van der Waals surface area contributed by atoms with Crippen molar-refractivity contribution in [2.24, 2.45) is 0 Å². The number of hydrogen-bond acceptors (Lipinski definition) is 3. The largest absolute Gasteiger partial charge is 0.336 e. The van der Waals surface area contributed by atoms with E-state index in [-0.39, 0.29) is 12.3 Å². The Balaban J connectivity index is 1.68. The van der Waals surface area contributed by atoms with E-state index in [1.54, 1.807) is 54.6 Å². The van der Waals surface area contributed by atoms with Gasteiger partial charge in [-0.1, -0.05) is 66.7 Å². The molecule has 0 aliphatic carbocycles. The normalized spacial score (nSPS) is 11.1. The van der Waals surface area contributed by atoms with Crippen molar-refractivity contribution in [2.75, 3.05) is 0 Å². The smallest absolute Gasteiger partial charge is 0.292 e. The number of ketones is 1. The zero-order chi connectivity index (χ0) is 21.4. The lowest BCUT2D eigenvalue weighted by atomic mass is 10.0. The predicted molar refractivity (Wildman–Crippen MR) is 122 cm³/mol. The molecule has 0 aliphatic heterocycles. The lowest BCUT2D eigenvalue weighted by Crippen LogP contribution is -2.40. The summed E-state index contributed by atoms with van der Waals surface area (Å²) >= 11 is 0. The minimum absolute atomic E-state index is 0.162. The number of carbonyl (C=O) groups is 1. The minimum Gasteiger partial charge on any atom is -0.292 e. The molecule has 5 heteroatoms. The fourth-order valence-electron chi connectivity index (χ4n) is 3.88. The number of benzene rings is 4. The third-order valence-corrected chi connectivity index (χ3v) is 5.44. The van der Waals surface area contributed by atoms with Gasteiger partial charge in [-0.25, -0.2) is 9.36 Å². The summed E-state index contributed by atoms with van der Waals surface area (Å²) in [5, 5.41) is 2.39. The Morgan fingerprint density at radius 2 is 1.39 bits per heavy atom. The van der Waals surface area contributed by atoms with E-state index in [1.165, 1.54) is 4.57 Å². The molecule has 0 saturated carbocycles. The summed E-state index contributed by atoms with van der Waals surface area (Å²) in [5.74, 6) is -0.198. The number of fused-ring (bicyclic) bond motifs is 2. The van der Waals surface area contributed by atoms with Gasteiger partial charge in [-0.05, 0) is 41.1 Å². The van der Waals surface area contributed by atoms with Gasteiger partial charge in [0.05, 0.1) is 23.1 Å². The fourth-order valence-corrected chi connectivity index (χ4v) is 3.88. The predicted octanol–water partition coefficient (Wildman–Crippen LogP) is 4.19. The highest BCUT2D eigenvalue weighted by Gasteiger charge is 2.17. The summed E-state index contributed by atoms with van der Waals surface area (Å²) in [6.45, 7) is -0.162. The van der Waals surface area contributed by atoms with Gasteiger partial charge in [0.15, 0.2) is 5.78 Å². The number of rotatable bonds is 4. The minimum atomic E-state index is -0.538. The van der Waals surface area contributed by atoms with Gasteiger partial charge in [0.1, 0.15) is 0 Å². The number of para-hydroxylation sites is 2. The maximum atomic E-state index is 13.4. The van der Waals surface area contributed by atoms with Gasteiger partial charge in [0, 0.05) is 5.56 Å². The van der Waals surface area contributed by atoms with Crippen molar-refractivity contribution in [1.29, 1.82) is 0 Å². The number of nitrogens with zero attached hydrogens (tertiary/aromatic N) is 2. The molecule has 0 fully saturated rings. The average Bonchev–Trinajstić information content (AvgIpc) is 2.82. The molecule has 5 rings (SSSR count). The van der Waals surface area contributed by atoms with Crippen LogP contribution in [0.5, 0.6) is 0 Å². The fraction of sp³-hybridized carbons (Fsp3) is 0.0385. The quantitative estimate of drug-likeness (QED) is 0.421.